The second-order valence-electron chi connectivity index (χ2n) is 8.87. The zero-order chi connectivity index (χ0) is 22.0. The number of amides is 1. The van der Waals surface area contributed by atoms with Gasteiger partial charge in [-0.05, 0) is 34.6 Å². The fourth-order valence-corrected chi connectivity index (χ4v) is 2.86. The minimum Gasteiger partial charge on any atom is -0.289 e. The number of carbonyl (C=O) groups is 2. The van der Waals surface area contributed by atoms with E-state index in [-0.39, 0.29) is 27.9 Å². The molecule has 0 atom stereocenters. The van der Waals surface area contributed by atoms with Gasteiger partial charge in [-0.15, -0.1) is 5.11 Å². The molecule has 152 valence electrons. The number of nitro benzene ring substituents is 1. The van der Waals surface area contributed by atoms with Crippen molar-refractivity contribution in [2.45, 2.75) is 41.5 Å². The predicted octanol–water partition coefficient (Wildman–Crippen LogP) is 5.60. The van der Waals surface area contributed by atoms with Gasteiger partial charge in [0.2, 0.25) is 0 Å². The fourth-order valence-electron chi connectivity index (χ4n) is 2.86. The molecular formula is C22H25N3O4. The highest BCUT2D eigenvalue weighted by Crippen LogP contribution is 2.38. The van der Waals surface area contributed by atoms with E-state index < -0.39 is 10.8 Å². The van der Waals surface area contributed by atoms with Crippen molar-refractivity contribution in [2.24, 2.45) is 21.1 Å². The number of Topliss-reactive ketones (excluding diaryl/α,β-unsaturated/α-hetero) is 1. The number of nitro groups is 1. The van der Waals surface area contributed by atoms with E-state index in [1.54, 1.807) is 12.2 Å². The molecule has 0 radical (unpaired) electrons. The normalized spacial score (nSPS) is 15.2. The summed E-state index contributed by atoms with van der Waals surface area (Å²) in [6.07, 6.45) is 4.87. The van der Waals surface area contributed by atoms with Gasteiger partial charge in [0.05, 0.1) is 11.1 Å². The minimum atomic E-state index is -0.805. The Morgan fingerprint density at radius 2 is 1.52 bits per heavy atom. The zero-order valence-electron chi connectivity index (χ0n) is 17.5. The van der Waals surface area contributed by atoms with Crippen LogP contribution in [0.5, 0.6) is 0 Å². The van der Waals surface area contributed by atoms with Gasteiger partial charge in [-0.25, -0.2) is 0 Å². The van der Waals surface area contributed by atoms with Crippen LogP contribution in [0.4, 0.5) is 5.69 Å². The zero-order valence-corrected chi connectivity index (χ0v) is 17.5. The molecule has 7 nitrogen and oxygen atoms in total. The number of hydrogen-bond donors (Lipinski definition) is 0. The van der Waals surface area contributed by atoms with Crippen LogP contribution in [0.3, 0.4) is 0 Å². The Kier molecular flexibility index (Phi) is 6.11. The molecule has 29 heavy (non-hydrogen) atoms. The Morgan fingerprint density at radius 3 is 2.00 bits per heavy atom. The van der Waals surface area contributed by atoms with Crippen molar-refractivity contribution in [1.29, 1.82) is 0 Å². The molecule has 0 bridgehead atoms. The molecule has 1 aromatic rings. The highest BCUT2D eigenvalue weighted by atomic mass is 16.6. The van der Waals surface area contributed by atoms with E-state index in [2.05, 4.69) is 10.2 Å². The number of para-hydroxylation sites is 1. The van der Waals surface area contributed by atoms with Gasteiger partial charge in [0.15, 0.2) is 5.78 Å². The summed E-state index contributed by atoms with van der Waals surface area (Å²) in [4.78, 5) is 35.6. The highest BCUT2D eigenvalue weighted by Gasteiger charge is 2.34. The van der Waals surface area contributed by atoms with Gasteiger partial charge in [-0.1, -0.05) is 53.7 Å². The van der Waals surface area contributed by atoms with Crippen LogP contribution in [0.2, 0.25) is 0 Å². The van der Waals surface area contributed by atoms with Crippen molar-refractivity contribution in [2.75, 3.05) is 0 Å². The second-order valence-corrected chi connectivity index (χ2v) is 8.87. The van der Waals surface area contributed by atoms with Gasteiger partial charge in [0.1, 0.15) is 5.56 Å². The smallest absolute Gasteiger partial charge is 0.289 e. The number of azo groups is 1. The van der Waals surface area contributed by atoms with Crippen LogP contribution in [-0.4, -0.2) is 16.6 Å². The maximum Gasteiger partial charge on any atom is 0.302 e. The molecule has 0 fully saturated rings. The molecule has 0 N–H and O–H groups in total. The predicted molar refractivity (Wildman–Crippen MR) is 110 cm³/mol. The fraction of sp³-hybridized carbons (Fsp3) is 0.364. The quantitative estimate of drug-likeness (QED) is 0.377. The van der Waals surface area contributed by atoms with Crippen LogP contribution in [0.25, 0.3) is 0 Å². The lowest BCUT2D eigenvalue weighted by Gasteiger charge is -2.31. The first-order chi connectivity index (χ1) is 13.3. The third-order valence-corrected chi connectivity index (χ3v) is 4.41. The van der Waals surface area contributed by atoms with Crippen molar-refractivity contribution in [3.05, 3.63) is 75.0 Å². The van der Waals surface area contributed by atoms with E-state index in [9.17, 15) is 19.7 Å². The maximum atomic E-state index is 12.9. The number of carbonyl (C=O) groups excluding carboxylic acids is 2. The second kappa shape index (κ2) is 8.03. The SMILES string of the molecule is CC(C)(C)C1=CC(=C/N=N/C(=O)c2ccccc2[N+](=O)[O-])C=C(C(C)(C)C)C1=O. The number of nitrogens with zero attached hydrogens (tertiary/aromatic N) is 3. The molecule has 1 aromatic carbocycles. The van der Waals surface area contributed by atoms with Crippen molar-refractivity contribution >= 4 is 17.4 Å². The van der Waals surface area contributed by atoms with Crippen molar-refractivity contribution < 1.29 is 14.5 Å². The molecule has 0 aromatic heterocycles. The van der Waals surface area contributed by atoms with Crippen molar-refractivity contribution in [3.8, 4) is 0 Å². The molecule has 1 aliphatic rings. The largest absolute Gasteiger partial charge is 0.302 e. The average molecular weight is 395 g/mol. The van der Waals surface area contributed by atoms with E-state index in [0.29, 0.717) is 16.7 Å². The molecule has 0 spiro atoms. The van der Waals surface area contributed by atoms with Crippen molar-refractivity contribution in [1.82, 2.24) is 0 Å². The molecular weight excluding hydrogens is 370 g/mol. The first kappa shape index (κ1) is 22.1. The van der Waals surface area contributed by atoms with Gasteiger partial charge in [-0.3, -0.25) is 19.7 Å². The Hall–Kier alpha value is -3.22. The third-order valence-electron chi connectivity index (χ3n) is 4.41. The molecule has 7 heteroatoms. The molecule has 0 saturated carbocycles. The summed E-state index contributed by atoms with van der Waals surface area (Å²) in [7, 11) is 0. The lowest BCUT2D eigenvalue weighted by atomic mass is 9.72. The van der Waals surface area contributed by atoms with Crippen molar-refractivity contribution in [3.63, 3.8) is 0 Å². The third kappa shape index (κ3) is 5.19. The van der Waals surface area contributed by atoms with Crippen LogP contribution in [0, 0.1) is 20.9 Å². The van der Waals surface area contributed by atoms with E-state index in [4.69, 9.17) is 0 Å². The molecule has 1 amide bonds. The molecule has 0 aliphatic heterocycles. The lowest BCUT2D eigenvalue weighted by Crippen LogP contribution is -2.27. The summed E-state index contributed by atoms with van der Waals surface area (Å²) in [5.74, 6) is -0.809. The summed E-state index contributed by atoms with van der Waals surface area (Å²) in [6, 6.07) is 5.58. The Morgan fingerprint density at radius 1 is 1.00 bits per heavy atom. The van der Waals surface area contributed by atoms with Crippen LogP contribution < -0.4 is 0 Å². The number of hydrogen-bond acceptors (Lipinski definition) is 5. The van der Waals surface area contributed by atoms with E-state index in [1.807, 2.05) is 41.5 Å². The summed E-state index contributed by atoms with van der Waals surface area (Å²) >= 11 is 0. The number of allylic oxidation sites excluding steroid dienone is 5. The number of ketones is 1. The summed E-state index contributed by atoms with van der Waals surface area (Å²) < 4.78 is 0. The number of rotatable bonds is 3. The summed E-state index contributed by atoms with van der Waals surface area (Å²) in [5, 5.41) is 18.5. The lowest BCUT2D eigenvalue weighted by molar-refractivity contribution is -0.385. The van der Waals surface area contributed by atoms with E-state index in [1.165, 1.54) is 30.5 Å². The molecule has 0 unspecified atom stereocenters. The van der Waals surface area contributed by atoms with Crippen LogP contribution in [-0.2, 0) is 4.79 Å². The Bertz CT molecular complexity index is 948. The monoisotopic (exact) mass is 395 g/mol. The Labute approximate surface area is 170 Å². The standard InChI is InChI=1S/C22H25N3O4/c1-21(2,3)16-11-14(12-17(19(16)26)22(4,5)6)13-23-24-20(27)15-9-7-8-10-18(15)25(28)29/h7-13H,1-6H3/b24-23+. The molecule has 2 rings (SSSR count). The highest BCUT2D eigenvalue weighted by molar-refractivity contribution is 6.11. The Balaban J connectivity index is 2.41. The first-order valence-corrected chi connectivity index (χ1v) is 9.20. The topological polar surface area (TPSA) is 102 Å². The molecule has 0 saturated heterocycles. The van der Waals surface area contributed by atoms with Gasteiger partial charge in [-0.2, -0.15) is 5.11 Å². The van der Waals surface area contributed by atoms with Gasteiger partial charge < -0.3 is 0 Å². The van der Waals surface area contributed by atoms with Crippen LogP contribution in [0.1, 0.15) is 51.9 Å². The molecule has 1 aliphatic carbocycles. The summed E-state index contributed by atoms with van der Waals surface area (Å²) in [5.41, 5.74) is 0.760. The van der Waals surface area contributed by atoms with E-state index in [0.717, 1.165) is 0 Å². The average Bonchev–Trinajstić information content (AvgIpc) is 2.60. The maximum absolute atomic E-state index is 12.9. The minimum absolute atomic E-state index is 0.00456. The summed E-state index contributed by atoms with van der Waals surface area (Å²) in [6.45, 7) is 11.7. The van der Waals surface area contributed by atoms with E-state index >= 15 is 0 Å². The first-order valence-electron chi connectivity index (χ1n) is 9.20. The van der Waals surface area contributed by atoms with Crippen LogP contribution >= 0.6 is 0 Å². The van der Waals surface area contributed by atoms with Gasteiger partial charge >= 0.3 is 5.91 Å². The van der Waals surface area contributed by atoms with Gasteiger partial charge in [0.25, 0.3) is 5.69 Å². The van der Waals surface area contributed by atoms with Crippen LogP contribution in [0.15, 0.2) is 69.6 Å². The van der Waals surface area contributed by atoms with Gasteiger partial charge in [0, 0.05) is 17.2 Å². The number of benzene rings is 1. The molecule has 0 heterocycles.